The zero-order valence-electron chi connectivity index (χ0n) is 11.3. The van der Waals surface area contributed by atoms with Gasteiger partial charge in [0, 0.05) is 44.0 Å². The molecule has 0 atom stereocenters. The smallest absolute Gasteiger partial charge is 0.123 e. The van der Waals surface area contributed by atoms with Gasteiger partial charge in [0.15, 0.2) is 0 Å². The molecule has 1 fully saturated rings. The minimum atomic E-state index is 0.0824. The standard InChI is InChI=1S/C15H22N2O2/c16-12-15(5-8-18-9-6-15)17-7-10-19-14-4-2-1-3-13(14)11-17/h1-4H,5-12,16H2. The van der Waals surface area contributed by atoms with E-state index >= 15 is 0 Å². The summed E-state index contributed by atoms with van der Waals surface area (Å²) < 4.78 is 11.3. The van der Waals surface area contributed by atoms with Gasteiger partial charge in [0.2, 0.25) is 0 Å². The summed E-state index contributed by atoms with van der Waals surface area (Å²) in [6.45, 7) is 4.92. The summed E-state index contributed by atoms with van der Waals surface area (Å²) in [6.07, 6.45) is 2.04. The lowest BCUT2D eigenvalue weighted by atomic mass is 9.87. The van der Waals surface area contributed by atoms with Gasteiger partial charge in [-0.3, -0.25) is 4.90 Å². The van der Waals surface area contributed by atoms with Crippen molar-refractivity contribution < 1.29 is 9.47 Å². The number of fused-ring (bicyclic) bond motifs is 1. The van der Waals surface area contributed by atoms with Crippen LogP contribution < -0.4 is 10.5 Å². The van der Waals surface area contributed by atoms with Crippen LogP contribution in [0.4, 0.5) is 0 Å². The quantitative estimate of drug-likeness (QED) is 0.875. The molecule has 1 aromatic carbocycles. The van der Waals surface area contributed by atoms with Crippen LogP contribution >= 0.6 is 0 Å². The highest BCUT2D eigenvalue weighted by Gasteiger charge is 2.38. The van der Waals surface area contributed by atoms with Crippen molar-refractivity contribution in [2.45, 2.75) is 24.9 Å². The normalized spacial score (nSPS) is 23.2. The maximum atomic E-state index is 6.10. The molecule has 3 rings (SSSR count). The molecule has 2 heterocycles. The lowest BCUT2D eigenvalue weighted by Gasteiger charge is -2.45. The molecule has 19 heavy (non-hydrogen) atoms. The Bertz CT molecular complexity index is 430. The zero-order valence-corrected chi connectivity index (χ0v) is 11.3. The third-order valence-corrected chi connectivity index (χ3v) is 4.43. The van der Waals surface area contributed by atoms with Gasteiger partial charge < -0.3 is 15.2 Å². The van der Waals surface area contributed by atoms with Crippen LogP contribution in [0.3, 0.4) is 0 Å². The first kappa shape index (κ1) is 12.9. The molecule has 1 aromatic rings. The second-order valence-corrected chi connectivity index (χ2v) is 5.42. The summed E-state index contributed by atoms with van der Waals surface area (Å²) in [7, 11) is 0. The number of hydrogen-bond acceptors (Lipinski definition) is 4. The molecule has 104 valence electrons. The maximum Gasteiger partial charge on any atom is 0.123 e. The summed E-state index contributed by atoms with van der Waals surface area (Å²) in [4.78, 5) is 2.50. The Balaban J connectivity index is 1.84. The predicted octanol–water partition coefficient (Wildman–Crippen LogP) is 1.39. The van der Waals surface area contributed by atoms with E-state index in [2.05, 4.69) is 23.1 Å². The van der Waals surface area contributed by atoms with Crippen molar-refractivity contribution in [3.8, 4) is 5.75 Å². The molecule has 0 radical (unpaired) electrons. The molecule has 0 aliphatic carbocycles. The zero-order chi connectivity index (χ0) is 13.1. The van der Waals surface area contributed by atoms with Gasteiger partial charge in [0.1, 0.15) is 12.4 Å². The van der Waals surface area contributed by atoms with E-state index in [9.17, 15) is 0 Å². The third kappa shape index (κ3) is 2.48. The fourth-order valence-electron chi connectivity index (χ4n) is 3.13. The van der Waals surface area contributed by atoms with Gasteiger partial charge in [0.25, 0.3) is 0 Å². The Morgan fingerprint density at radius 2 is 1.95 bits per heavy atom. The molecule has 0 aromatic heterocycles. The lowest BCUT2D eigenvalue weighted by Crippen LogP contribution is -2.57. The van der Waals surface area contributed by atoms with Crippen molar-refractivity contribution in [1.29, 1.82) is 0 Å². The SMILES string of the molecule is NCC1(N2CCOc3ccccc3C2)CCOCC1. The highest BCUT2D eigenvalue weighted by atomic mass is 16.5. The molecular formula is C15H22N2O2. The van der Waals surface area contributed by atoms with Crippen LogP contribution in [0.2, 0.25) is 0 Å². The van der Waals surface area contributed by atoms with E-state index in [-0.39, 0.29) is 5.54 Å². The number of ether oxygens (including phenoxy) is 2. The van der Waals surface area contributed by atoms with Crippen molar-refractivity contribution in [2.24, 2.45) is 5.73 Å². The van der Waals surface area contributed by atoms with Crippen molar-refractivity contribution >= 4 is 0 Å². The van der Waals surface area contributed by atoms with Crippen molar-refractivity contribution in [3.05, 3.63) is 29.8 Å². The second kappa shape index (κ2) is 5.49. The van der Waals surface area contributed by atoms with Crippen LogP contribution in [0.1, 0.15) is 18.4 Å². The minimum absolute atomic E-state index is 0.0824. The summed E-state index contributed by atoms with van der Waals surface area (Å²) in [5.41, 5.74) is 7.45. The Hall–Kier alpha value is -1.10. The van der Waals surface area contributed by atoms with Crippen LogP contribution in [0.5, 0.6) is 5.75 Å². The fourth-order valence-corrected chi connectivity index (χ4v) is 3.13. The first-order chi connectivity index (χ1) is 9.34. The third-order valence-electron chi connectivity index (χ3n) is 4.43. The van der Waals surface area contributed by atoms with Crippen LogP contribution in [-0.4, -0.2) is 43.3 Å². The number of nitrogens with zero attached hydrogens (tertiary/aromatic N) is 1. The van der Waals surface area contributed by atoms with Gasteiger partial charge in [-0.15, -0.1) is 0 Å². The van der Waals surface area contributed by atoms with E-state index in [0.29, 0.717) is 6.54 Å². The van der Waals surface area contributed by atoms with Crippen molar-refractivity contribution in [3.63, 3.8) is 0 Å². The molecule has 2 aliphatic heterocycles. The lowest BCUT2D eigenvalue weighted by molar-refractivity contribution is -0.0295. The van der Waals surface area contributed by atoms with Crippen molar-refractivity contribution in [2.75, 3.05) is 32.9 Å². The van der Waals surface area contributed by atoms with E-state index in [1.807, 2.05) is 6.07 Å². The molecular weight excluding hydrogens is 240 g/mol. The average Bonchev–Trinajstić information content (AvgIpc) is 2.70. The van der Waals surface area contributed by atoms with Crippen LogP contribution in [0.15, 0.2) is 24.3 Å². The summed E-state index contributed by atoms with van der Waals surface area (Å²) >= 11 is 0. The van der Waals surface area contributed by atoms with E-state index < -0.39 is 0 Å². The van der Waals surface area contributed by atoms with Crippen LogP contribution in [0.25, 0.3) is 0 Å². The van der Waals surface area contributed by atoms with Gasteiger partial charge in [-0.2, -0.15) is 0 Å². The first-order valence-corrected chi connectivity index (χ1v) is 7.08. The topological polar surface area (TPSA) is 47.7 Å². The molecule has 2 N–H and O–H groups in total. The van der Waals surface area contributed by atoms with Gasteiger partial charge in [0.05, 0.1) is 0 Å². The molecule has 0 unspecified atom stereocenters. The highest BCUT2D eigenvalue weighted by molar-refractivity contribution is 5.34. The van der Waals surface area contributed by atoms with Gasteiger partial charge in [-0.1, -0.05) is 18.2 Å². The molecule has 0 saturated carbocycles. The largest absolute Gasteiger partial charge is 0.492 e. The molecule has 1 saturated heterocycles. The van der Waals surface area contributed by atoms with Crippen LogP contribution in [0, 0.1) is 0 Å². The number of para-hydroxylation sites is 1. The fraction of sp³-hybridized carbons (Fsp3) is 0.600. The molecule has 4 heteroatoms. The predicted molar refractivity (Wildman–Crippen MR) is 74.2 cm³/mol. The number of nitrogens with two attached hydrogens (primary N) is 1. The Morgan fingerprint density at radius 3 is 2.74 bits per heavy atom. The molecule has 2 aliphatic rings. The summed E-state index contributed by atoms with van der Waals surface area (Å²) in [6, 6.07) is 8.31. The molecule has 4 nitrogen and oxygen atoms in total. The van der Waals surface area contributed by atoms with E-state index in [0.717, 1.165) is 51.5 Å². The number of rotatable bonds is 2. The number of benzene rings is 1. The van der Waals surface area contributed by atoms with Crippen molar-refractivity contribution in [1.82, 2.24) is 4.90 Å². The Labute approximate surface area is 114 Å². The summed E-state index contributed by atoms with van der Waals surface area (Å²) in [5.74, 6) is 1.02. The molecule has 0 spiro atoms. The Morgan fingerprint density at radius 1 is 1.16 bits per heavy atom. The Kier molecular flexibility index (Phi) is 3.73. The van der Waals surface area contributed by atoms with Crippen LogP contribution in [-0.2, 0) is 11.3 Å². The minimum Gasteiger partial charge on any atom is -0.492 e. The van der Waals surface area contributed by atoms with E-state index in [1.165, 1.54) is 5.56 Å². The second-order valence-electron chi connectivity index (χ2n) is 5.42. The van der Waals surface area contributed by atoms with Gasteiger partial charge in [-0.25, -0.2) is 0 Å². The average molecular weight is 262 g/mol. The monoisotopic (exact) mass is 262 g/mol. The van der Waals surface area contributed by atoms with E-state index in [1.54, 1.807) is 0 Å². The first-order valence-electron chi connectivity index (χ1n) is 7.08. The van der Waals surface area contributed by atoms with Gasteiger partial charge >= 0.3 is 0 Å². The number of hydrogen-bond donors (Lipinski definition) is 1. The molecule has 0 bridgehead atoms. The maximum absolute atomic E-state index is 6.10. The molecule has 0 amide bonds. The highest BCUT2D eigenvalue weighted by Crippen LogP contribution is 2.32. The summed E-state index contributed by atoms with van der Waals surface area (Å²) in [5, 5.41) is 0. The van der Waals surface area contributed by atoms with E-state index in [4.69, 9.17) is 15.2 Å². The van der Waals surface area contributed by atoms with Gasteiger partial charge in [-0.05, 0) is 18.9 Å².